The minimum Gasteiger partial charge on any atom is -0.396 e. The number of nitrogens with zero attached hydrogens (tertiary/aromatic N) is 1. The summed E-state index contributed by atoms with van der Waals surface area (Å²) < 4.78 is 1.10. The summed E-state index contributed by atoms with van der Waals surface area (Å²) in [4.78, 5) is 7.01. The van der Waals surface area contributed by atoms with E-state index in [2.05, 4.69) is 39.3 Å². The Kier molecular flexibility index (Phi) is 4.36. The first-order chi connectivity index (χ1) is 8.15. The molecule has 1 unspecified atom stereocenters. The second kappa shape index (κ2) is 5.61. The minimum absolute atomic E-state index is 0.201. The van der Waals surface area contributed by atoms with E-state index in [1.807, 2.05) is 6.92 Å². The summed E-state index contributed by atoms with van der Waals surface area (Å²) in [7, 11) is 0. The Bertz CT molecular complexity index is 502. The summed E-state index contributed by atoms with van der Waals surface area (Å²) in [6, 6.07) is 2.09. The van der Waals surface area contributed by atoms with Crippen LogP contribution >= 0.6 is 38.6 Å². The van der Waals surface area contributed by atoms with E-state index in [9.17, 15) is 5.11 Å². The Morgan fingerprint density at radius 1 is 1.53 bits per heavy atom. The fourth-order valence-corrected chi connectivity index (χ4v) is 4.45. The normalized spacial score (nSPS) is 12.9. The maximum atomic E-state index is 9.36. The van der Waals surface area contributed by atoms with Crippen LogP contribution in [0.25, 0.3) is 9.88 Å². The Balaban J connectivity index is 2.36. The summed E-state index contributed by atoms with van der Waals surface area (Å²) in [6.07, 6.45) is 0.951. The molecule has 0 aliphatic rings. The van der Waals surface area contributed by atoms with Gasteiger partial charge in [0.25, 0.3) is 0 Å². The number of hydrogen-bond acceptors (Lipinski definition) is 4. The molecular formula is C12H14BrNOS2. The molecule has 0 bridgehead atoms. The van der Waals surface area contributed by atoms with Crippen LogP contribution in [-0.4, -0.2) is 16.7 Å². The maximum absolute atomic E-state index is 9.36. The molecule has 0 aromatic carbocycles. The average Bonchev–Trinajstić information content (AvgIpc) is 2.88. The third-order valence-electron chi connectivity index (χ3n) is 2.69. The Hall–Kier alpha value is -0.230. The summed E-state index contributed by atoms with van der Waals surface area (Å²) >= 11 is 6.85. The van der Waals surface area contributed by atoms with Crippen LogP contribution in [0.5, 0.6) is 0 Å². The van der Waals surface area contributed by atoms with E-state index in [1.165, 1.54) is 9.75 Å². The first kappa shape index (κ1) is 13.2. The zero-order valence-electron chi connectivity index (χ0n) is 9.74. The zero-order chi connectivity index (χ0) is 12.4. The number of aryl methyl sites for hydroxylation is 1. The number of thiazole rings is 1. The highest BCUT2D eigenvalue weighted by Crippen LogP contribution is 2.37. The van der Waals surface area contributed by atoms with Crippen molar-refractivity contribution >= 4 is 38.6 Å². The van der Waals surface area contributed by atoms with Gasteiger partial charge in [-0.3, -0.25) is 0 Å². The lowest BCUT2D eigenvalue weighted by Crippen LogP contribution is -2.01. The van der Waals surface area contributed by atoms with Crippen LogP contribution < -0.4 is 0 Å². The van der Waals surface area contributed by atoms with Gasteiger partial charge in [0, 0.05) is 20.6 Å². The molecule has 0 saturated heterocycles. The van der Waals surface area contributed by atoms with Gasteiger partial charge in [-0.15, -0.1) is 22.7 Å². The third-order valence-corrected chi connectivity index (χ3v) is 5.87. The summed E-state index contributed by atoms with van der Waals surface area (Å²) in [6.45, 7) is 4.32. The quantitative estimate of drug-likeness (QED) is 0.898. The van der Waals surface area contributed by atoms with E-state index in [1.54, 1.807) is 22.7 Å². The summed E-state index contributed by atoms with van der Waals surface area (Å²) in [5.41, 5.74) is 1.05. The van der Waals surface area contributed by atoms with Crippen molar-refractivity contribution in [2.75, 3.05) is 6.61 Å². The van der Waals surface area contributed by atoms with Gasteiger partial charge >= 0.3 is 0 Å². The molecular weight excluding hydrogens is 318 g/mol. The molecule has 2 aromatic rings. The molecule has 2 rings (SSSR count). The molecule has 1 atom stereocenters. The van der Waals surface area contributed by atoms with Crippen LogP contribution in [-0.2, 0) is 0 Å². The van der Waals surface area contributed by atoms with Gasteiger partial charge in [0.15, 0.2) is 0 Å². The smallest absolute Gasteiger partial charge is 0.133 e. The van der Waals surface area contributed by atoms with Gasteiger partial charge in [-0.2, -0.15) is 0 Å². The Labute approximate surface area is 117 Å². The van der Waals surface area contributed by atoms with Crippen molar-refractivity contribution in [2.24, 2.45) is 0 Å². The molecule has 0 saturated carbocycles. The SMILES string of the molecule is CCC(CO)c1sc(-c2cc(Br)cs2)nc1C. The van der Waals surface area contributed by atoms with Gasteiger partial charge in [-0.1, -0.05) is 6.92 Å². The molecule has 17 heavy (non-hydrogen) atoms. The van der Waals surface area contributed by atoms with Crippen molar-refractivity contribution in [1.82, 2.24) is 4.98 Å². The first-order valence-corrected chi connectivity index (χ1v) is 7.97. The number of aromatic nitrogens is 1. The standard InChI is InChI=1S/C12H14BrNOS2/c1-3-8(5-15)11-7(2)14-12(17-11)10-4-9(13)6-16-10/h4,6,8,15H,3,5H2,1-2H3. The van der Waals surface area contributed by atoms with Crippen molar-refractivity contribution in [3.05, 3.63) is 26.5 Å². The van der Waals surface area contributed by atoms with Gasteiger partial charge in [0.2, 0.25) is 0 Å². The molecule has 92 valence electrons. The number of thiophene rings is 1. The predicted octanol–water partition coefficient (Wildman–Crippen LogP) is 4.43. The van der Waals surface area contributed by atoms with Crippen LogP contribution in [0.1, 0.15) is 29.8 Å². The van der Waals surface area contributed by atoms with E-state index < -0.39 is 0 Å². The first-order valence-electron chi connectivity index (χ1n) is 5.48. The molecule has 2 aromatic heterocycles. The lowest BCUT2D eigenvalue weighted by Gasteiger charge is -2.08. The molecule has 0 aliphatic heterocycles. The lowest BCUT2D eigenvalue weighted by molar-refractivity contribution is 0.263. The number of aliphatic hydroxyl groups is 1. The van der Waals surface area contributed by atoms with Gasteiger partial charge in [0.05, 0.1) is 17.2 Å². The highest BCUT2D eigenvalue weighted by molar-refractivity contribution is 9.10. The molecule has 0 fully saturated rings. The number of halogens is 1. The van der Waals surface area contributed by atoms with Crippen molar-refractivity contribution in [1.29, 1.82) is 0 Å². The van der Waals surface area contributed by atoms with E-state index in [0.717, 1.165) is 21.6 Å². The average molecular weight is 332 g/mol. The van der Waals surface area contributed by atoms with Gasteiger partial charge in [0.1, 0.15) is 5.01 Å². The number of rotatable bonds is 4. The van der Waals surface area contributed by atoms with E-state index in [4.69, 9.17) is 0 Å². The highest BCUT2D eigenvalue weighted by atomic mass is 79.9. The molecule has 2 nitrogen and oxygen atoms in total. The van der Waals surface area contributed by atoms with Crippen molar-refractivity contribution in [2.45, 2.75) is 26.2 Å². The molecule has 0 spiro atoms. The summed E-state index contributed by atoms with van der Waals surface area (Å²) in [5, 5.41) is 12.5. The topological polar surface area (TPSA) is 33.1 Å². The van der Waals surface area contributed by atoms with Crippen molar-refractivity contribution < 1.29 is 5.11 Å². The van der Waals surface area contributed by atoms with Crippen LogP contribution in [0.3, 0.4) is 0 Å². The maximum Gasteiger partial charge on any atom is 0.133 e. The monoisotopic (exact) mass is 331 g/mol. The molecule has 0 amide bonds. The highest BCUT2D eigenvalue weighted by Gasteiger charge is 2.17. The van der Waals surface area contributed by atoms with Crippen LogP contribution in [0.2, 0.25) is 0 Å². The predicted molar refractivity (Wildman–Crippen MR) is 78.0 cm³/mol. The molecule has 1 N–H and O–H groups in total. The number of aliphatic hydroxyl groups excluding tert-OH is 1. The van der Waals surface area contributed by atoms with Gasteiger partial charge < -0.3 is 5.11 Å². The van der Waals surface area contributed by atoms with E-state index in [0.29, 0.717) is 0 Å². The molecule has 0 radical (unpaired) electrons. The second-order valence-electron chi connectivity index (χ2n) is 3.89. The van der Waals surface area contributed by atoms with Crippen LogP contribution in [0.15, 0.2) is 15.9 Å². The molecule has 0 aliphatic carbocycles. The second-order valence-corrected chi connectivity index (χ2v) is 6.74. The fourth-order valence-electron chi connectivity index (χ4n) is 1.71. The third kappa shape index (κ3) is 2.78. The minimum atomic E-state index is 0.201. The van der Waals surface area contributed by atoms with E-state index >= 15 is 0 Å². The fraction of sp³-hybridized carbons (Fsp3) is 0.417. The van der Waals surface area contributed by atoms with Crippen LogP contribution in [0.4, 0.5) is 0 Å². The van der Waals surface area contributed by atoms with E-state index in [-0.39, 0.29) is 12.5 Å². The molecule has 2 heterocycles. The van der Waals surface area contributed by atoms with Gasteiger partial charge in [-0.05, 0) is 35.3 Å². The van der Waals surface area contributed by atoms with Crippen molar-refractivity contribution in [3.8, 4) is 9.88 Å². The number of hydrogen-bond donors (Lipinski definition) is 1. The van der Waals surface area contributed by atoms with Gasteiger partial charge in [-0.25, -0.2) is 4.98 Å². The summed E-state index contributed by atoms with van der Waals surface area (Å²) in [5.74, 6) is 0.227. The largest absolute Gasteiger partial charge is 0.396 e. The lowest BCUT2D eigenvalue weighted by atomic mass is 10.1. The van der Waals surface area contributed by atoms with Crippen LogP contribution in [0, 0.1) is 6.92 Å². The zero-order valence-corrected chi connectivity index (χ0v) is 13.0. The Morgan fingerprint density at radius 2 is 2.29 bits per heavy atom. The van der Waals surface area contributed by atoms with Crippen molar-refractivity contribution in [3.63, 3.8) is 0 Å². The molecule has 5 heteroatoms. The Morgan fingerprint density at radius 3 is 2.82 bits per heavy atom.